The lowest BCUT2D eigenvalue weighted by atomic mass is 9.99. The minimum Gasteiger partial charge on any atom is -0.349 e. The van der Waals surface area contributed by atoms with Gasteiger partial charge in [-0.1, -0.05) is 30.7 Å². The summed E-state index contributed by atoms with van der Waals surface area (Å²) < 4.78 is 0. The first-order valence-corrected chi connectivity index (χ1v) is 7.30. The normalized spacial score (nSPS) is 16.3. The quantitative estimate of drug-likeness (QED) is 0.828. The molecule has 0 aliphatic heterocycles. The minimum atomic E-state index is -0.0131. The van der Waals surface area contributed by atoms with Crippen molar-refractivity contribution < 1.29 is 4.79 Å². The zero-order valence-electron chi connectivity index (χ0n) is 12.0. The first kappa shape index (κ1) is 14.6. The lowest BCUT2D eigenvalue weighted by Crippen LogP contribution is -2.37. The predicted octanol–water partition coefficient (Wildman–Crippen LogP) is 2.31. The Balaban J connectivity index is 2.01. The van der Waals surface area contributed by atoms with Crippen molar-refractivity contribution in [3.05, 3.63) is 35.4 Å². The lowest BCUT2D eigenvalue weighted by molar-refractivity contribution is 0.0927. The second-order valence-corrected chi connectivity index (χ2v) is 5.39. The number of hydrogen-bond donors (Lipinski definition) is 2. The first-order valence-electron chi connectivity index (χ1n) is 7.30. The molecule has 0 bridgehead atoms. The molecule has 20 heavy (non-hydrogen) atoms. The van der Waals surface area contributed by atoms with Crippen LogP contribution in [-0.2, 0) is 0 Å². The highest BCUT2D eigenvalue weighted by Crippen LogP contribution is 2.27. The van der Waals surface area contributed by atoms with Gasteiger partial charge in [-0.25, -0.2) is 0 Å². The van der Waals surface area contributed by atoms with Crippen molar-refractivity contribution in [2.45, 2.75) is 38.6 Å². The Bertz CT molecular complexity index is 521. The molecular formula is C17H22N2O. The van der Waals surface area contributed by atoms with Crippen LogP contribution in [0, 0.1) is 17.8 Å². The maximum Gasteiger partial charge on any atom is 0.251 e. The van der Waals surface area contributed by atoms with E-state index < -0.39 is 0 Å². The van der Waals surface area contributed by atoms with Crippen molar-refractivity contribution >= 4 is 5.91 Å². The van der Waals surface area contributed by atoms with Crippen LogP contribution < -0.4 is 11.1 Å². The van der Waals surface area contributed by atoms with Gasteiger partial charge in [0.15, 0.2) is 0 Å². The van der Waals surface area contributed by atoms with E-state index >= 15 is 0 Å². The van der Waals surface area contributed by atoms with Crippen molar-refractivity contribution in [1.82, 2.24) is 5.32 Å². The molecule has 0 radical (unpaired) electrons. The Hall–Kier alpha value is -1.79. The summed E-state index contributed by atoms with van der Waals surface area (Å²) in [4.78, 5) is 12.3. The minimum absolute atomic E-state index is 0.0131. The molecule has 1 saturated carbocycles. The molecule has 1 amide bonds. The Morgan fingerprint density at radius 1 is 1.45 bits per heavy atom. The topological polar surface area (TPSA) is 55.1 Å². The fraction of sp³-hybridized carbons (Fsp3) is 0.471. The number of benzene rings is 1. The van der Waals surface area contributed by atoms with Crippen LogP contribution in [0.25, 0.3) is 0 Å². The number of nitrogens with one attached hydrogen (secondary N) is 1. The van der Waals surface area contributed by atoms with E-state index in [2.05, 4.69) is 24.1 Å². The number of rotatable bonds is 3. The van der Waals surface area contributed by atoms with Crippen LogP contribution in [0.2, 0.25) is 0 Å². The maximum atomic E-state index is 12.3. The fourth-order valence-corrected chi connectivity index (χ4v) is 2.76. The highest BCUT2D eigenvalue weighted by atomic mass is 16.1. The monoisotopic (exact) mass is 270 g/mol. The zero-order valence-corrected chi connectivity index (χ0v) is 12.0. The first-order chi connectivity index (χ1) is 9.70. The third-order valence-corrected chi connectivity index (χ3v) is 3.93. The van der Waals surface area contributed by atoms with Crippen molar-refractivity contribution in [3.63, 3.8) is 0 Å². The number of carbonyl (C=O) groups excluding carboxylic acids is 1. The molecule has 2 rings (SSSR count). The molecule has 0 aromatic heterocycles. The number of hydrogen-bond acceptors (Lipinski definition) is 2. The van der Waals surface area contributed by atoms with Gasteiger partial charge in [-0.3, -0.25) is 4.79 Å². The molecule has 1 unspecified atom stereocenters. The van der Waals surface area contributed by atoms with Gasteiger partial charge < -0.3 is 11.1 Å². The molecule has 1 aliphatic rings. The van der Waals surface area contributed by atoms with Crippen LogP contribution in [0.15, 0.2) is 24.3 Å². The Morgan fingerprint density at radius 2 is 2.20 bits per heavy atom. The lowest BCUT2D eigenvalue weighted by Gasteiger charge is -2.20. The summed E-state index contributed by atoms with van der Waals surface area (Å²) in [7, 11) is 0. The van der Waals surface area contributed by atoms with E-state index in [0.717, 1.165) is 5.56 Å². The van der Waals surface area contributed by atoms with E-state index in [0.29, 0.717) is 18.0 Å². The van der Waals surface area contributed by atoms with E-state index in [1.165, 1.54) is 25.7 Å². The Morgan fingerprint density at radius 3 is 2.90 bits per heavy atom. The average Bonchev–Trinajstić information content (AvgIpc) is 2.99. The summed E-state index contributed by atoms with van der Waals surface area (Å²) in [6.07, 6.45) is 5.02. The van der Waals surface area contributed by atoms with Crippen molar-refractivity contribution in [2.24, 2.45) is 11.7 Å². The van der Waals surface area contributed by atoms with E-state index in [9.17, 15) is 4.79 Å². The average molecular weight is 270 g/mol. The molecule has 106 valence electrons. The molecule has 1 aliphatic carbocycles. The number of carbonyl (C=O) groups is 1. The van der Waals surface area contributed by atoms with Crippen molar-refractivity contribution in [3.8, 4) is 11.8 Å². The molecular weight excluding hydrogens is 248 g/mol. The summed E-state index contributed by atoms with van der Waals surface area (Å²) in [6.45, 7) is 2.43. The molecule has 0 spiro atoms. The van der Waals surface area contributed by atoms with Crippen LogP contribution in [0.5, 0.6) is 0 Å². The maximum absolute atomic E-state index is 12.3. The number of nitrogens with two attached hydrogens (primary N) is 1. The van der Waals surface area contributed by atoms with Crippen LogP contribution in [-0.4, -0.2) is 18.5 Å². The Labute approximate surface area is 120 Å². The largest absolute Gasteiger partial charge is 0.349 e. The van der Waals surface area contributed by atoms with Gasteiger partial charge in [0.1, 0.15) is 0 Å². The van der Waals surface area contributed by atoms with Crippen LogP contribution in [0.3, 0.4) is 0 Å². The standard InChI is InChI=1S/C17H22N2O/c1-13(15-8-2-3-9-15)19-17(20)16-10-4-6-14(12-16)7-5-11-18/h4,6,10,12-13,15H,2-3,8-9,11,18H2,1H3,(H,19,20). The van der Waals surface area contributed by atoms with Crippen LogP contribution in [0.1, 0.15) is 48.5 Å². The van der Waals surface area contributed by atoms with E-state index in [4.69, 9.17) is 5.73 Å². The van der Waals surface area contributed by atoms with E-state index in [-0.39, 0.29) is 11.9 Å². The summed E-state index contributed by atoms with van der Waals surface area (Å²) in [5, 5.41) is 3.11. The second-order valence-electron chi connectivity index (χ2n) is 5.39. The third-order valence-electron chi connectivity index (χ3n) is 3.93. The molecule has 3 heteroatoms. The molecule has 1 aromatic carbocycles. The van der Waals surface area contributed by atoms with Gasteiger partial charge in [-0.15, -0.1) is 0 Å². The highest BCUT2D eigenvalue weighted by Gasteiger charge is 2.23. The molecule has 1 fully saturated rings. The van der Waals surface area contributed by atoms with Crippen LogP contribution >= 0.6 is 0 Å². The predicted molar refractivity (Wildman–Crippen MR) is 81.3 cm³/mol. The van der Waals surface area contributed by atoms with Gasteiger partial charge >= 0.3 is 0 Å². The molecule has 0 saturated heterocycles. The smallest absolute Gasteiger partial charge is 0.251 e. The third kappa shape index (κ3) is 3.85. The molecule has 3 nitrogen and oxygen atoms in total. The Kier molecular flexibility index (Phi) is 5.20. The van der Waals surface area contributed by atoms with Gasteiger partial charge in [0.25, 0.3) is 5.91 Å². The summed E-state index contributed by atoms with van der Waals surface area (Å²) in [5.41, 5.74) is 6.85. The second kappa shape index (κ2) is 7.12. The van der Waals surface area contributed by atoms with Crippen molar-refractivity contribution in [1.29, 1.82) is 0 Å². The van der Waals surface area contributed by atoms with E-state index in [1.54, 1.807) is 0 Å². The molecule has 0 heterocycles. The van der Waals surface area contributed by atoms with E-state index in [1.807, 2.05) is 24.3 Å². The summed E-state index contributed by atoms with van der Waals surface area (Å²) in [5.74, 6) is 6.37. The van der Waals surface area contributed by atoms with Gasteiger partial charge in [0.05, 0.1) is 6.54 Å². The number of amides is 1. The van der Waals surface area contributed by atoms with Crippen LogP contribution in [0.4, 0.5) is 0 Å². The van der Waals surface area contributed by atoms with Gasteiger partial charge in [0, 0.05) is 17.2 Å². The fourth-order valence-electron chi connectivity index (χ4n) is 2.76. The summed E-state index contributed by atoms with van der Waals surface area (Å²) in [6, 6.07) is 7.63. The zero-order chi connectivity index (χ0) is 14.4. The van der Waals surface area contributed by atoms with Gasteiger partial charge in [-0.2, -0.15) is 0 Å². The summed E-state index contributed by atoms with van der Waals surface area (Å²) >= 11 is 0. The molecule has 3 N–H and O–H groups in total. The molecule has 1 aromatic rings. The highest BCUT2D eigenvalue weighted by molar-refractivity contribution is 5.94. The van der Waals surface area contributed by atoms with Gasteiger partial charge in [0.2, 0.25) is 0 Å². The SMILES string of the molecule is CC(NC(=O)c1cccc(C#CCN)c1)C1CCCC1. The van der Waals surface area contributed by atoms with Crippen molar-refractivity contribution in [2.75, 3.05) is 6.54 Å². The molecule has 1 atom stereocenters. The van der Waals surface area contributed by atoms with Gasteiger partial charge in [-0.05, 0) is 43.9 Å².